The third kappa shape index (κ3) is 3.48. The van der Waals surface area contributed by atoms with Crippen molar-refractivity contribution in [1.29, 1.82) is 0 Å². The van der Waals surface area contributed by atoms with E-state index >= 15 is 0 Å². The molecule has 1 saturated carbocycles. The summed E-state index contributed by atoms with van der Waals surface area (Å²) in [5, 5.41) is 0. The number of hydrogen-bond donors (Lipinski definition) is 1. The van der Waals surface area contributed by atoms with Crippen LogP contribution in [0.4, 0.5) is 0 Å². The van der Waals surface area contributed by atoms with Crippen molar-refractivity contribution in [2.45, 2.75) is 50.8 Å². The van der Waals surface area contributed by atoms with Crippen molar-refractivity contribution in [2.24, 2.45) is 5.41 Å². The van der Waals surface area contributed by atoms with Gasteiger partial charge in [0, 0.05) is 10.6 Å². The highest BCUT2D eigenvalue weighted by atomic mass is 32.2. The summed E-state index contributed by atoms with van der Waals surface area (Å²) in [6.45, 7) is 4.39. The lowest BCUT2D eigenvalue weighted by Crippen LogP contribution is -2.28. The van der Waals surface area contributed by atoms with E-state index in [1.165, 1.54) is 53.9 Å². The van der Waals surface area contributed by atoms with Crippen molar-refractivity contribution in [2.75, 3.05) is 11.5 Å². The maximum atomic E-state index is 4.62. The van der Waals surface area contributed by atoms with Crippen LogP contribution < -0.4 is 0 Å². The van der Waals surface area contributed by atoms with Gasteiger partial charge in [-0.1, -0.05) is 37.0 Å². The van der Waals surface area contributed by atoms with Crippen LogP contribution in [0.1, 0.15) is 43.2 Å². The van der Waals surface area contributed by atoms with E-state index in [1.54, 1.807) is 0 Å². The van der Waals surface area contributed by atoms with Gasteiger partial charge in [0.05, 0.1) is 0 Å². The molecule has 0 aliphatic heterocycles. The fraction of sp³-hybridized carbons (Fsp3) is 0.625. The number of benzene rings is 1. The molecule has 18 heavy (non-hydrogen) atoms. The lowest BCUT2D eigenvalue weighted by molar-refractivity contribution is 0.259. The van der Waals surface area contributed by atoms with Gasteiger partial charge in [0.15, 0.2) is 0 Å². The molecule has 0 N–H and O–H groups in total. The maximum Gasteiger partial charge on any atom is 0.0102 e. The summed E-state index contributed by atoms with van der Waals surface area (Å²) in [6, 6.07) is 6.80. The third-order valence-electron chi connectivity index (χ3n) is 4.11. The van der Waals surface area contributed by atoms with Crippen LogP contribution in [0, 0.1) is 19.3 Å². The van der Waals surface area contributed by atoms with Crippen molar-refractivity contribution in [1.82, 2.24) is 0 Å². The number of hydrogen-bond acceptors (Lipinski definition) is 2. The molecule has 0 unspecified atom stereocenters. The average molecular weight is 281 g/mol. The lowest BCUT2D eigenvalue weighted by atomic mass is 9.77. The van der Waals surface area contributed by atoms with Crippen LogP contribution >= 0.6 is 24.4 Å². The molecule has 0 atom stereocenters. The normalized spacial score (nSPS) is 18.8. The molecule has 0 radical (unpaired) electrons. The Morgan fingerprint density at radius 2 is 1.89 bits per heavy atom. The molecular formula is C16H24S2. The molecule has 0 amide bonds. The fourth-order valence-corrected chi connectivity index (χ4v) is 4.72. The summed E-state index contributed by atoms with van der Waals surface area (Å²) in [5.74, 6) is 2.28. The monoisotopic (exact) mass is 280 g/mol. The van der Waals surface area contributed by atoms with Gasteiger partial charge in [0.1, 0.15) is 0 Å². The molecule has 1 aromatic carbocycles. The Labute approximate surface area is 121 Å². The van der Waals surface area contributed by atoms with Gasteiger partial charge in [-0.05, 0) is 49.5 Å². The Balaban J connectivity index is 2.01. The Kier molecular flexibility index (Phi) is 5.08. The zero-order valence-corrected chi connectivity index (χ0v) is 13.2. The summed E-state index contributed by atoms with van der Waals surface area (Å²) in [6.07, 6.45) is 6.95. The van der Waals surface area contributed by atoms with Gasteiger partial charge >= 0.3 is 0 Å². The molecule has 100 valence electrons. The minimum absolute atomic E-state index is 0.489. The highest BCUT2D eigenvalue weighted by Gasteiger charge is 2.30. The molecule has 0 saturated heterocycles. The Bertz CT molecular complexity index is 392. The predicted octanol–water partition coefficient (Wildman–Crippen LogP) is 5.28. The lowest BCUT2D eigenvalue weighted by Gasteiger charge is -2.35. The van der Waals surface area contributed by atoms with Gasteiger partial charge in [-0.15, -0.1) is 11.8 Å². The van der Waals surface area contributed by atoms with E-state index in [9.17, 15) is 0 Å². The zero-order valence-electron chi connectivity index (χ0n) is 11.5. The van der Waals surface area contributed by atoms with E-state index in [0.29, 0.717) is 5.41 Å². The minimum Gasteiger partial charge on any atom is -0.179 e. The molecule has 0 bridgehead atoms. The summed E-state index contributed by atoms with van der Waals surface area (Å²) >= 11 is 6.66. The van der Waals surface area contributed by atoms with E-state index in [1.807, 2.05) is 11.8 Å². The molecule has 1 fully saturated rings. The van der Waals surface area contributed by atoms with E-state index in [4.69, 9.17) is 0 Å². The smallest absolute Gasteiger partial charge is 0.0102 e. The van der Waals surface area contributed by atoms with Crippen molar-refractivity contribution in [3.8, 4) is 0 Å². The van der Waals surface area contributed by atoms with Crippen LogP contribution in [-0.4, -0.2) is 11.5 Å². The van der Waals surface area contributed by atoms with Gasteiger partial charge in [0.2, 0.25) is 0 Å². The molecular weight excluding hydrogens is 256 g/mol. The first-order valence-corrected chi connectivity index (χ1v) is 8.58. The van der Waals surface area contributed by atoms with Gasteiger partial charge in [-0.3, -0.25) is 0 Å². The highest BCUT2D eigenvalue weighted by molar-refractivity contribution is 7.99. The first-order valence-electron chi connectivity index (χ1n) is 6.96. The highest BCUT2D eigenvalue weighted by Crippen LogP contribution is 2.41. The molecule has 1 aliphatic rings. The molecule has 0 heterocycles. The number of aryl methyl sites for hydroxylation is 2. The average Bonchev–Trinajstić information content (AvgIpc) is 2.39. The third-order valence-corrected chi connectivity index (χ3v) is 6.31. The number of thiol groups is 1. The Hall–Kier alpha value is -0.0800. The minimum atomic E-state index is 0.489. The first-order chi connectivity index (χ1) is 8.65. The number of thioether (sulfide) groups is 1. The summed E-state index contributed by atoms with van der Waals surface area (Å²) < 4.78 is 0. The SMILES string of the molecule is Cc1ccc(SCC2(CS)CCCCC2)c(C)c1. The zero-order chi connectivity index (χ0) is 13.0. The fourth-order valence-electron chi connectivity index (χ4n) is 2.84. The van der Waals surface area contributed by atoms with Gasteiger partial charge < -0.3 is 0 Å². The molecule has 1 aliphatic carbocycles. The Morgan fingerprint density at radius 3 is 2.50 bits per heavy atom. The summed E-state index contributed by atoms with van der Waals surface area (Å²) in [5.41, 5.74) is 3.27. The molecule has 0 spiro atoms. The van der Waals surface area contributed by atoms with E-state index in [0.717, 1.165) is 5.75 Å². The van der Waals surface area contributed by atoms with Gasteiger partial charge in [-0.25, -0.2) is 0 Å². The van der Waals surface area contributed by atoms with Crippen LogP contribution in [-0.2, 0) is 0 Å². The van der Waals surface area contributed by atoms with Gasteiger partial charge in [0.25, 0.3) is 0 Å². The van der Waals surface area contributed by atoms with Crippen LogP contribution in [0.25, 0.3) is 0 Å². The second-order valence-corrected chi connectivity index (χ2v) is 7.11. The van der Waals surface area contributed by atoms with Crippen LogP contribution in [0.5, 0.6) is 0 Å². The molecule has 0 aromatic heterocycles. The predicted molar refractivity (Wildman–Crippen MR) is 86.0 cm³/mol. The van der Waals surface area contributed by atoms with Crippen molar-refractivity contribution in [3.63, 3.8) is 0 Å². The molecule has 1 aromatic rings. The largest absolute Gasteiger partial charge is 0.179 e. The second-order valence-electron chi connectivity index (χ2n) is 5.78. The van der Waals surface area contributed by atoms with Crippen molar-refractivity contribution < 1.29 is 0 Å². The van der Waals surface area contributed by atoms with Crippen LogP contribution in [0.3, 0.4) is 0 Å². The van der Waals surface area contributed by atoms with E-state index in [-0.39, 0.29) is 0 Å². The van der Waals surface area contributed by atoms with Crippen molar-refractivity contribution >= 4 is 24.4 Å². The molecule has 2 rings (SSSR count). The van der Waals surface area contributed by atoms with Crippen LogP contribution in [0.2, 0.25) is 0 Å². The summed E-state index contributed by atoms with van der Waals surface area (Å²) in [7, 11) is 0. The maximum absolute atomic E-state index is 4.62. The molecule has 2 heteroatoms. The van der Waals surface area contributed by atoms with E-state index < -0.39 is 0 Å². The number of rotatable bonds is 4. The summed E-state index contributed by atoms with van der Waals surface area (Å²) in [4.78, 5) is 1.45. The Morgan fingerprint density at radius 1 is 1.17 bits per heavy atom. The van der Waals surface area contributed by atoms with E-state index in [2.05, 4.69) is 44.7 Å². The standard InChI is InChI=1S/C16H24S2/c1-13-6-7-15(14(2)10-13)18-12-16(11-17)8-4-3-5-9-16/h6-7,10,17H,3-5,8-9,11-12H2,1-2H3. The molecule has 0 nitrogen and oxygen atoms in total. The topological polar surface area (TPSA) is 0 Å². The van der Waals surface area contributed by atoms with Crippen LogP contribution in [0.15, 0.2) is 23.1 Å². The second kappa shape index (κ2) is 6.38. The van der Waals surface area contributed by atoms with Crippen molar-refractivity contribution in [3.05, 3.63) is 29.3 Å². The van der Waals surface area contributed by atoms with Gasteiger partial charge in [-0.2, -0.15) is 12.6 Å². The quantitative estimate of drug-likeness (QED) is 0.578. The first kappa shape index (κ1) is 14.3.